The van der Waals surface area contributed by atoms with E-state index in [-0.39, 0.29) is 11.5 Å². The molecule has 22 heavy (non-hydrogen) atoms. The van der Waals surface area contributed by atoms with E-state index in [1.165, 1.54) is 37.7 Å². The zero-order valence-electron chi connectivity index (χ0n) is 14.3. The van der Waals surface area contributed by atoms with Gasteiger partial charge >= 0.3 is 0 Å². The molecule has 2 heteroatoms. The predicted molar refractivity (Wildman–Crippen MR) is 88.2 cm³/mol. The molecule has 0 aliphatic heterocycles. The van der Waals surface area contributed by atoms with Crippen LogP contribution >= 0.6 is 0 Å². The molecular formula is C20H30O2. The molecule has 0 saturated heterocycles. The van der Waals surface area contributed by atoms with Crippen molar-refractivity contribution in [3.8, 4) is 0 Å². The third-order valence-electron chi connectivity index (χ3n) is 7.94. The van der Waals surface area contributed by atoms with E-state index in [1.807, 2.05) is 0 Å². The molecule has 0 radical (unpaired) electrons. The minimum Gasteiger partial charge on any atom is -0.501 e. The Kier molecular flexibility index (Phi) is 3.28. The van der Waals surface area contributed by atoms with Crippen molar-refractivity contribution in [3.63, 3.8) is 0 Å². The van der Waals surface area contributed by atoms with Gasteiger partial charge in [0.25, 0.3) is 0 Å². The molecule has 0 aromatic rings. The van der Waals surface area contributed by atoms with Gasteiger partial charge in [0, 0.05) is 6.42 Å². The zero-order valence-corrected chi connectivity index (χ0v) is 14.3. The normalized spacial score (nSPS) is 50.4. The third kappa shape index (κ3) is 1.82. The second-order valence-corrected chi connectivity index (χ2v) is 8.64. The fraction of sp³-hybridized carbons (Fsp3) is 0.800. The number of aliphatic hydroxyl groups is 1. The van der Waals surface area contributed by atoms with Crippen LogP contribution in [0.2, 0.25) is 0 Å². The second kappa shape index (κ2) is 4.87. The number of aliphatic hydroxyl groups excluding tert-OH is 1. The lowest BCUT2D eigenvalue weighted by Gasteiger charge is -2.56. The molecule has 0 amide bonds. The van der Waals surface area contributed by atoms with Crippen LogP contribution in [0.1, 0.15) is 58.8 Å². The highest BCUT2D eigenvalue weighted by Crippen LogP contribution is 2.64. The van der Waals surface area contributed by atoms with Crippen LogP contribution in [0, 0.1) is 28.6 Å². The quantitative estimate of drug-likeness (QED) is 0.775. The van der Waals surface area contributed by atoms with Crippen LogP contribution in [-0.4, -0.2) is 18.3 Å². The summed E-state index contributed by atoms with van der Waals surface area (Å²) in [4.78, 5) is 0. The Bertz CT molecular complexity index is 534. The first kappa shape index (κ1) is 14.8. The fourth-order valence-electron chi connectivity index (χ4n) is 6.43. The average molecular weight is 302 g/mol. The summed E-state index contributed by atoms with van der Waals surface area (Å²) in [5.74, 6) is 3.45. The minimum absolute atomic E-state index is 0.0667. The summed E-state index contributed by atoms with van der Waals surface area (Å²) in [5.41, 5.74) is 2.05. The topological polar surface area (TPSA) is 29.5 Å². The summed E-state index contributed by atoms with van der Waals surface area (Å²) in [6, 6.07) is 0. The van der Waals surface area contributed by atoms with Crippen LogP contribution < -0.4 is 0 Å². The van der Waals surface area contributed by atoms with Crippen molar-refractivity contribution in [3.05, 3.63) is 23.5 Å². The molecule has 1 N–H and O–H groups in total. The van der Waals surface area contributed by atoms with Gasteiger partial charge in [0.15, 0.2) is 0 Å². The molecule has 2 nitrogen and oxygen atoms in total. The molecule has 0 bridgehead atoms. The number of rotatable bonds is 1. The third-order valence-corrected chi connectivity index (χ3v) is 7.94. The summed E-state index contributed by atoms with van der Waals surface area (Å²) in [6.07, 6.45) is 13.0. The van der Waals surface area contributed by atoms with E-state index in [9.17, 15) is 5.11 Å². The van der Waals surface area contributed by atoms with Crippen LogP contribution in [0.15, 0.2) is 23.5 Å². The van der Waals surface area contributed by atoms with E-state index in [1.54, 1.807) is 7.11 Å². The maximum Gasteiger partial charge on any atom is 0.0958 e. The molecule has 4 rings (SSSR count). The number of methoxy groups -OCH3 is 1. The lowest BCUT2D eigenvalue weighted by molar-refractivity contribution is -0.0634. The van der Waals surface area contributed by atoms with Crippen molar-refractivity contribution >= 4 is 0 Å². The molecule has 4 aliphatic carbocycles. The molecule has 2 saturated carbocycles. The van der Waals surface area contributed by atoms with Crippen LogP contribution in [0.3, 0.4) is 0 Å². The van der Waals surface area contributed by atoms with E-state index in [2.05, 4.69) is 26.0 Å². The molecule has 6 atom stereocenters. The lowest BCUT2D eigenvalue weighted by atomic mass is 9.48. The average Bonchev–Trinajstić information content (AvgIpc) is 2.82. The fourth-order valence-corrected chi connectivity index (χ4v) is 6.43. The number of allylic oxidation sites excluding steroid dienone is 4. The van der Waals surface area contributed by atoms with Crippen molar-refractivity contribution in [1.29, 1.82) is 0 Å². The van der Waals surface area contributed by atoms with Gasteiger partial charge in [-0.25, -0.2) is 0 Å². The van der Waals surface area contributed by atoms with Gasteiger partial charge in [-0.15, -0.1) is 0 Å². The summed E-state index contributed by atoms with van der Waals surface area (Å²) in [7, 11) is 1.80. The molecule has 0 spiro atoms. The Morgan fingerprint density at radius 2 is 1.95 bits per heavy atom. The molecular weight excluding hydrogens is 272 g/mol. The van der Waals surface area contributed by atoms with Gasteiger partial charge in [-0.1, -0.05) is 19.9 Å². The Balaban J connectivity index is 1.69. The van der Waals surface area contributed by atoms with Gasteiger partial charge in [-0.2, -0.15) is 0 Å². The number of hydrogen-bond donors (Lipinski definition) is 1. The highest BCUT2D eigenvalue weighted by molar-refractivity contribution is 5.35. The Morgan fingerprint density at radius 1 is 1.14 bits per heavy atom. The molecule has 0 aromatic heterocycles. The van der Waals surface area contributed by atoms with E-state index < -0.39 is 0 Å². The first-order valence-electron chi connectivity index (χ1n) is 9.12. The summed E-state index contributed by atoms with van der Waals surface area (Å²) >= 11 is 0. The highest BCUT2D eigenvalue weighted by atomic mass is 16.5. The van der Waals surface area contributed by atoms with Crippen molar-refractivity contribution in [1.82, 2.24) is 0 Å². The van der Waals surface area contributed by atoms with Crippen LogP contribution in [0.5, 0.6) is 0 Å². The SMILES string of the molecule is COC1=CC2=CC[C@H]3[C@@H]4CC[C@H](O)[C@@]4(C)CC[C@@H]3[C@@]2(C)CC1. The number of hydrogen-bond acceptors (Lipinski definition) is 2. The van der Waals surface area contributed by atoms with Gasteiger partial charge in [0.05, 0.1) is 19.0 Å². The zero-order chi connectivity index (χ0) is 15.5. The maximum atomic E-state index is 10.5. The van der Waals surface area contributed by atoms with Gasteiger partial charge in [-0.05, 0) is 78.8 Å². The number of ether oxygens (including phenoxy) is 1. The first-order valence-corrected chi connectivity index (χ1v) is 9.12. The van der Waals surface area contributed by atoms with Gasteiger partial charge in [0.2, 0.25) is 0 Å². The highest BCUT2D eigenvalue weighted by Gasteiger charge is 2.57. The minimum atomic E-state index is -0.0667. The van der Waals surface area contributed by atoms with Crippen LogP contribution in [0.25, 0.3) is 0 Å². The van der Waals surface area contributed by atoms with Crippen molar-refractivity contribution in [2.45, 2.75) is 64.9 Å². The molecule has 4 aliphatic rings. The maximum absolute atomic E-state index is 10.5. The van der Waals surface area contributed by atoms with Crippen LogP contribution in [-0.2, 0) is 4.74 Å². The Hall–Kier alpha value is -0.760. The number of fused-ring (bicyclic) bond motifs is 5. The van der Waals surface area contributed by atoms with Gasteiger partial charge in [0.1, 0.15) is 0 Å². The standard InChI is InChI=1S/C20H30O2/c1-19-10-8-14(22-3)12-13(19)4-5-15-16-6-7-18(21)20(16,2)11-9-17(15)19/h4,12,15-18,21H,5-11H2,1-3H3/t15-,16-,17-,18-,19-,20-/m0/s1. The predicted octanol–water partition coefficient (Wildman–Crippen LogP) is 4.45. The van der Waals surface area contributed by atoms with E-state index >= 15 is 0 Å². The smallest absolute Gasteiger partial charge is 0.0958 e. The van der Waals surface area contributed by atoms with Gasteiger partial charge < -0.3 is 9.84 Å². The van der Waals surface area contributed by atoms with E-state index in [0.29, 0.717) is 5.41 Å². The molecule has 0 aromatic carbocycles. The lowest BCUT2D eigenvalue weighted by Crippen LogP contribution is -2.50. The Labute approximate surface area is 134 Å². The monoisotopic (exact) mass is 302 g/mol. The molecule has 0 heterocycles. The summed E-state index contributed by atoms with van der Waals surface area (Å²) < 4.78 is 5.51. The summed E-state index contributed by atoms with van der Waals surface area (Å²) in [6.45, 7) is 4.85. The second-order valence-electron chi connectivity index (χ2n) is 8.64. The largest absolute Gasteiger partial charge is 0.501 e. The van der Waals surface area contributed by atoms with E-state index in [4.69, 9.17) is 4.74 Å². The van der Waals surface area contributed by atoms with Crippen LogP contribution in [0.4, 0.5) is 0 Å². The molecule has 122 valence electrons. The van der Waals surface area contributed by atoms with Gasteiger partial charge in [-0.3, -0.25) is 0 Å². The van der Waals surface area contributed by atoms with E-state index in [0.717, 1.165) is 36.4 Å². The first-order chi connectivity index (χ1) is 10.5. The van der Waals surface area contributed by atoms with Crippen molar-refractivity contribution in [2.24, 2.45) is 28.6 Å². The molecule has 2 fully saturated rings. The summed E-state index contributed by atoms with van der Waals surface area (Å²) in [5, 5.41) is 10.5. The molecule has 0 unspecified atom stereocenters. The van der Waals surface area contributed by atoms with Crippen molar-refractivity contribution < 1.29 is 9.84 Å². The van der Waals surface area contributed by atoms with Crippen molar-refractivity contribution in [2.75, 3.05) is 7.11 Å². The Morgan fingerprint density at radius 3 is 2.73 bits per heavy atom.